The summed E-state index contributed by atoms with van der Waals surface area (Å²) in [7, 11) is 5.04. The fourth-order valence-electron chi connectivity index (χ4n) is 0.596. The molecule has 0 unspecified atom stereocenters. The fourth-order valence-corrected chi connectivity index (χ4v) is 0.596. The van der Waals surface area contributed by atoms with E-state index in [0.29, 0.717) is 5.69 Å². The van der Waals surface area contributed by atoms with E-state index < -0.39 is 0 Å². The molecular formula is C6H6BNO. The zero-order chi connectivity index (χ0) is 6.69. The summed E-state index contributed by atoms with van der Waals surface area (Å²) in [5, 5.41) is 11.3. The summed E-state index contributed by atoms with van der Waals surface area (Å²) in [5.74, 6) is 0.167. The Morgan fingerprint density at radius 2 is 2.00 bits per heavy atom. The van der Waals surface area contributed by atoms with Gasteiger partial charge in [-0.25, -0.2) is 0 Å². The van der Waals surface area contributed by atoms with E-state index in [1.807, 2.05) is 0 Å². The second-order valence-electron chi connectivity index (χ2n) is 1.66. The van der Waals surface area contributed by atoms with Crippen LogP contribution in [0.25, 0.3) is 0 Å². The quantitative estimate of drug-likeness (QED) is 0.424. The van der Waals surface area contributed by atoms with E-state index in [2.05, 4.69) is 5.23 Å². The van der Waals surface area contributed by atoms with Gasteiger partial charge < -0.3 is 10.3 Å². The molecule has 9 heavy (non-hydrogen) atoms. The normalized spacial score (nSPS) is 8.89. The van der Waals surface area contributed by atoms with Crippen molar-refractivity contribution in [2.75, 3.05) is 5.23 Å². The van der Waals surface area contributed by atoms with E-state index in [-0.39, 0.29) is 5.75 Å². The molecule has 0 heterocycles. The SMILES string of the molecule is [B]Nc1ccccc1O. The maximum Gasteiger partial charge on any atom is 0.222 e. The molecule has 1 aromatic carbocycles. The molecule has 0 saturated heterocycles. The summed E-state index contributed by atoms with van der Waals surface area (Å²) in [4.78, 5) is 0. The summed E-state index contributed by atoms with van der Waals surface area (Å²) in [5.41, 5.74) is 0.539. The standard InChI is InChI=1S/C6H6BNO/c7-8-5-3-1-2-4-6(5)9/h1-4,8-9H. The molecule has 2 N–H and O–H groups in total. The second kappa shape index (κ2) is 2.44. The molecule has 0 fully saturated rings. The van der Waals surface area contributed by atoms with Crippen LogP contribution in [0.3, 0.4) is 0 Å². The van der Waals surface area contributed by atoms with Gasteiger partial charge >= 0.3 is 0 Å². The van der Waals surface area contributed by atoms with Gasteiger partial charge in [0.1, 0.15) is 5.75 Å². The smallest absolute Gasteiger partial charge is 0.222 e. The van der Waals surface area contributed by atoms with Gasteiger partial charge in [-0.1, -0.05) is 12.1 Å². The van der Waals surface area contributed by atoms with Crippen molar-refractivity contribution in [2.45, 2.75) is 0 Å². The van der Waals surface area contributed by atoms with Crippen molar-refractivity contribution in [3.8, 4) is 5.75 Å². The number of benzene rings is 1. The molecule has 0 spiro atoms. The van der Waals surface area contributed by atoms with Gasteiger partial charge in [0, 0.05) is 0 Å². The Labute approximate surface area is 54.9 Å². The van der Waals surface area contributed by atoms with Gasteiger partial charge in [0.05, 0.1) is 5.69 Å². The van der Waals surface area contributed by atoms with Crippen LogP contribution in [-0.2, 0) is 0 Å². The first kappa shape index (κ1) is 6.01. The Morgan fingerprint density at radius 3 is 2.44 bits per heavy atom. The van der Waals surface area contributed by atoms with Gasteiger partial charge in [-0.2, -0.15) is 0 Å². The average molecular weight is 119 g/mol. The lowest BCUT2D eigenvalue weighted by molar-refractivity contribution is 0.478. The van der Waals surface area contributed by atoms with Crippen molar-refractivity contribution in [1.29, 1.82) is 0 Å². The van der Waals surface area contributed by atoms with Crippen LogP contribution in [0.2, 0.25) is 0 Å². The summed E-state index contributed by atoms with van der Waals surface area (Å²) in [6, 6.07) is 6.77. The summed E-state index contributed by atoms with van der Waals surface area (Å²) >= 11 is 0. The topological polar surface area (TPSA) is 32.3 Å². The van der Waals surface area contributed by atoms with Gasteiger partial charge in [-0.15, -0.1) is 0 Å². The molecule has 0 aromatic heterocycles. The summed E-state index contributed by atoms with van der Waals surface area (Å²) < 4.78 is 0. The van der Waals surface area contributed by atoms with E-state index in [4.69, 9.17) is 13.1 Å². The highest BCUT2D eigenvalue weighted by molar-refractivity contribution is 6.16. The van der Waals surface area contributed by atoms with Crippen LogP contribution in [0.15, 0.2) is 24.3 Å². The highest BCUT2D eigenvalue weighted by atomic mass is 16.3. The number of phenolic OH excluding ortho intramolecular Hbond substituents is 1. The molecule has 0 atom stereocenters. The Bertz CT molecular complexity index is 202. The number of hydrogen-bond donors (Lipinski definition) is 2. The van der Waals surface area contributed by atoms with Crippen molar-refractivity contribution in [3.05, 3.63) is 24.3 Å². The van der Waals surface area contributed by atoms with Gasteiger partial charge in [0.25, 0.3) is 0 Å². The predicted octanol–water partition coefficient (Wildman–Crippen LogP) is 0.888. The van der Waals surface area contributed by atoms with Crippen molar-refractivity contribution in [1.82, 2.24) is 0 Å². The van der Waals surface area contributed by atoms with Crippen molar-refractivity contribution in [2.24, 2.45) is 0 Å². The molecule has 0 amide bonds. The number of hydrogen-bond acceptors (Lipinski definition) is 2. The lowest BCUT2D eigenvalue weighted by Crippen LogP contribution is -1.89. The molecule has 1 aromatic rings. The predicted molar refractivity (Wildman–Crippen MR) is 37.5 cm³/mol. The van der Waals surface area contributed by atoms with E-state index in [1.54, 1.807) is 24.3 Å². The Kier molecular flexibility index (Phi) is 1.63. The molecule has 2 nitrogen and oxygen atoms in total. The average Bonchev–Trinajstić information content (AvgIpc) is 1.89. The van der Waals surface area contributed by atoms with Gasteiger partial charge in [0.15, 0.2) is 0 Å². The largest absolute Gasteiger partial charge is 0.506 e. The highest BCUT2D eigenvalue weighted by Crippen LogP contribution is 2.19. The number of aromatic hydroxyl groups is 1. The number of nitrogens with one attached hydrogen (secondary N) is 1. The van der Waals surface area contributed by atoms with Gasteiger partial charge in [0.2, 0.25) is 7.98 Å². The zero-order valence-electron chi connectivity index (χ0n) is 4.83. The molecule has 0 bridgehead atoms. The number of para-hydroxylation sites is 2. The van der Waals surface area contributed by atoms with Crippen LogP contribution in [-0.4, -0.2) is 13.1 Å². The maximum atomic E-state index is 8.97. The summed E-state index contributed by atoms with van der Waals surface area (Å²) in [6.45, 7) is 0. The minimum absolute atomic E-state index is 0.167. The lowest BCUT2D eigenvalue weighted by Gasteiger charge is -2.00. The lowest BCUT2D eigenvalue weighted by atomic mass is 10.2. The molecule has 3 heteroatoms. The Hall–Kier alpha value is -1.12. The molecule has 2 radical (unpaired) electrons. The third-order valence-electron chi connectivity index (χ3n) is 1.06. The first-order chi connectivity index (χ1) is 4.34. The van der Waals surface area contributed by atoms with Crippen LogP contribution in [0.4, 0.5) is 5.69 Å². The van der Waals surface area contributed by atoms with Gasteiger partial charge in [-0.3, -0.25) is 0 Å². The molecule has 44 valence electrons. The van der Waals surface area contributed by atoms with Crippen molar-refractivity contribution >= 4 is 13.7 Å². The molecule has 0 aliphatic carbocycles. The van der Waals surface area contributed by atoms with E-state index >= 15 is 0 Å². The van der Waals surface area contributed by atoms with E-state index in [1.165, 1.54) is 0 Å². The summed E-state index contributed by atoms with van der Waals surface area (Å²) in [6.07, 6.45) is 0. The zero-order valence-corrected chi connectivity index (χ0v) is 4.83. The third-order valence-corrected chi connectivity index (χ3v) is 1.06. The number of phenols is 1. The van der Waals surface area contributed by atoms with Crippen molar-refractivity contribution in [3.63, 3.8) is 0 Å². The van der Waals surface area contributed by atoms with E-state index in [9.17, 15) is 0 Å². The number of anilines is 1. The van der Waals surface area contributed by atoms with Crippen LogP contribution in [0.5, 0.6) is 5.75 Å². The number of rotatable bonds is 1. The molecule has 1 rings (SSSR count). The maximum absolute atomic E-state index is 8.97. The highest BCUT2D eigenvalue weighted by Gasteiger charge is 1.91. The van der Waals surface area contributed by atoms with Crippen LogP contribution in [0.1, 0.15) is 0 Å². The molecule has 0 saturated carbocycles. The Morgan fingerprint density at radius 1 is 1.33 bits per heavy atom. The first-order valence-electron chi connectivity index (χ1n) is 2.59. The monoisotopic (exact) mass is 119 g/mol. The van der Waals surface area contributed by atoms with Crippen LogP contribution in [0, 0.1) is 0 Å². The Balaban J connectivity index is 3.01. The minimum atomic E-state index is 0.167. The van der Waals surface area contributed by atoms with Crippen LogP contribution >= 0.6 is 0 Å². The van der Waals surface area contributed by atoms with Crippen LogP contribution < -0.4 is 5.23 Å². The minimum Gasteiger partial charge on any atom is -0.506 e. The molecule has 0 aliphatic rings. The first-order valence-corrected chi connectivity index (χ1v) is 2.59. The van der Waals surface area contributed by atoms with Gasteiger partial charge in [-0.05, 0) is 12.1 Å². The molecule has 0 aliphatic heterocycles. The molecular weight excluding hydrogens is 113 g/mol. The van der Waals surface area contributed by atoms with E-state index in [0.717, 1.165) is 0 Å². The third kappa shape index (κ3) is 1.16. The fraction of sp³-hybridized carbons (Fsp3) is 0. The van der Waals surface area contributed by atoms with Crippen molar-refractivity contribution < 1.29 is 5.11 Å². The second-order valence-corrected chi connectivity index (χ2v) is 1.66.